The monoisotopic (exact) mass is 462 g/mol. The number of aliphatic carboxylic acids is 1. The van der Waals surface area contributed by atoms with Crippen LogP contribution in [0.15, 0.2) is 48.5 Å². The number of benzene rings is 2. The van der Waals surface area contributed by atoms with Gasteiger partial charge >= 0.3 is 12.1 Å². The highest BCUT2D eigenvalue weighted by Gasteiger charge is 2.65. The molecule has 2 aromatic carbocycles. The summed E-state index contributed by atoms with van der Waals surface area (Å²) in [6.45, 7) is 0.767. The highest BCUT2D eigenvalue weighted by Crippen LogP contribution is 2.63. The second-order valence-corrected chi connectivity index (χ2v) is 9.77. The van der Waals surface area contributed by atoms with E-state index in [9.17, 15) is 14.4 Å². The summed E-state index contributed by atoms with van der Waals surface area (Å²) in [6, 6.07) is 16.4. The Morgan fingerprint density at radius 2 is 1.65 bits per heavy atom. The molecule has 0 aromatic heterocycles. The van der Waals surface area contributed by atoms with Crippen LogP contribution in [0.2, 0.25) is 0 Å². The van der Waals surface area contributed by atoms with E-state index in [1.807, 2.05) is 24.3 Å². The number of rotatable bonds is 9. The molecule has 2 saturated carbocycles. The summed E-state index contributed by atoms with van der Waals surface area (Å²) in [6.07, 6.45) is 3.17. The van der Waals surface area contributed by atoms with Gasteiger partial charge in [-0.3, -0.25) is 9.59 Å². The summed E-state index contributed by atoms with van der Waals surface area (Å²) >= 11 is 0. The number of fused-ring (bicyclic) bond motifs is 4. The molecule has 2 fully saturated rings. The van der Waals surface area contributed by atoms with Gasteiger partial charge in [0, 0.05) is 24.9 Å². The zero-order valence-corrected chi connectivity index (χ0v) is 19.1. The maximum Gasteiger partial charge on any atom is 0.407 e. The second kappa shape index (κ2) is 9.12. The molecule has 0 aliphatic heterocycles. The van der Waals surface area contributed by atoms with E-state index in [0.29, 0.717) is 31.7 Å². The topological polar surface area (TPSA) is 105 Å². The van der Waals surface area contributed by atoms with Crippen LogP contribution in [0.1, 0.15) is 55.6 Å². The van der Waals surface area contributed by atoms with Crippen molar-refractivity contribution in [3.63, 3.8) is 0 Å². The fraction of sp³-hybridized carbons (Fsp3) is 0.444. The number of carbonyl (C=O) groups excluding carboxylic acids is 2. The van der Waals surface area contributed by atoms with Crippen molar-refractivity contribution in [3.05, 3.63) is 59.7 Å². The molecule has 7 heteroatoms. The Morgan fingerprint density at radius 1 is 0.971 bits per heavy atom. The van der Waals surface area contributed by atoms with Crippen LogP contribution in [-0.2, 0) is 14.3 Å². The predicted molar refractivity (Wildman–Crippen MR) is 126 cm³/mol. The number of ether oxygens (including phenoxy) is 1. The standard InChI is InChI=1S/C27H30N2O5/c30-24(31)11-5-6-12-28-25(32)27-14-17(27)13-18(15-27)29-26(33)34-16-23-21-9-3-1-7-19(21)20-8-2-4-10-22(20)23/h1-4,7-10,17-18,23H,5-6,11-16H2,(H,28,32)(H,29,33)(H,30,31)/t17-,18+,27+/m0/s1. The van der Waals surface area contributed by atoms with Crippen LogP contribution >= 0.6 is 0 Å². The highest BCUT2D eigenvalue weighted by molar-refractivity contribution is 5.87. The number of carboxylic acids is 1. The van der Waals surface area contributed by atoms with Crippen molar-refractivity contribution >= 4 is 18.0 Å². The van der Waals surface area contributed by atoms with Crippen molar-refractivity contribution in [2.24, 2.45) is 11.3 Å². The van der Waals surface area contributed by atoms with E-state index in [0.717, 1.165) is 12.8 Å². The van der Waals surface area contributed by atoms with Gasteiger partial charge in [-0.1, -0.05) is 48.5 Å². The number of alkyl carbamates (subject to hydrolysis) is 1. The number of carbonyl (C=O) groups is 3. The van der Waals surface area contributed by atoms with Crippen molar-refractivity contribution < 1.29 is 24.2 Å². The number of nitrogens with one attached hydrogen (secondary N) is 2. The van der Waals surface area contributed by atoms with E-state index >= 15 is 0 Å². The predicted octanol–water partition coefficient (Wildman–Crippen LogP) is 4.06. The first kappa shape index (κ1) is 22.4. The fourth-order valence-electron chi connectivity index (χ4n) is 5.87. The minimum atomic E-state index is -0.815. The molecule has 0 saturated heterocycles. The molecule has 3 aliphatic rings. The largest absolute Gasteiger partial charge is 0.481 e. The Bertz CT molecular complexity index is 1070. The first-order chi connectivity index (χ1) is 16.5. The van der Waals surface area contributed by atoms with E-state index in [1.54, 1.807) is 0 Å². The van der Waals surface area contributed by atoms with Crippen LogP contribution in [-0.4, -0.2) is 42.3 Å². The van der Waals surface area contributed by atoms with E-state index < -0.39 is 12.1 Å². The third-order valence-corrected chi connectivity index (χ3v) is 7.63. The first-order valence-electron chi connectivity index (χ1n) is 12.1. The van der Waals surface area contributed by atoms with Gasteiger partial charge < -0.3 is 20.5 Å². The Kier molecular flexibility index (Phi) is 6.02. The van der Waals surface area contributed by atoms with Crippen molar-refractivity contribution in [3.8, 4) is 11.1 Å². The maximum absolute atomic E-state index is 12.7. The van der Waals surface area contributed by atoms with E-state index in [1.165, 1.54) is 22.3 Å². The lowest BCUT2D eigenvalue weighted by atomic mass is 9.98. The summed E-state index contributed by atoms with van der Waals surface area (Å²) < 4.78 is 5.66. The van der Waals surface area contributed by atoms with Crippen molar-refractivity contribution in [1.82, 2.24) is 10.6 Å². The van der Waals surface area contributed by atoms with Gasteiger partial charge in [0.1, 0.15) is 6.61 Å². The van der Waals surface area contributed by atoms with Gasteiger partial charge in [-0.15, -0.1) is 0 Å². The lowest BCUT2D eigenvalue weighted by Gasteiger charge is -2.19. The molecule has 3 atom stereocenters. The van der Waals surface area contributed by atoms with Crippen molar-refractivity contribution in [2.45, 2.75) is 50.5 Å². The number of hydrogen-bond donors (Lipinski definition) is 3. The zero-order valence-electron chi connectivity index (χ0n) is 19.1. The molecular formula is C27H30N2O5. The van der Waals surface area contributed by atoms with E-state index in [-0.39, 0.29) is 36.3 Å². The smallest absolute Gasteiger partial charge is 0.407 e. The van der Waals surface area contributed by atoms with Gasteiger partial charge in [0.15, 0.2) is 0 Å². The molecular weight excluding hydrogens is 432 g/mol. The van der Waals surface area contributed by atoms with Crippen molar-refractivity contribution in [2.75, 3.05) is 13.2 Å². The molecule has 5 rings (SSSR count). The molecule has 34 heavy (non-hydrogen) atoms. The van der Waals surface area contributed by atoms with E-state index in [4.69, 9.17) is 9.84 Å². The molecule has 2 aromatic rings. The molecule has 178 valence electrons. The molecule has 0 bridgehead atoms. The van der Waals surface area contributed by atoms with E-state index in [2.05, 4.69) is 34.9 Å². The molecule has 0 radical (unpaired) electrons. The quantitative estimate of drug-likeness (QED) is 0.488. The summed E-state index contributed by atoms with van der Waals surface area (Å²) in [5, 5.41) is 14.6. The van der Waals surface area contributed by atoms with Crippen LogP contribution in [0.25, 0.3) is 11.1 Å². The van der Waals surface area contributed by atoms with Crippen LogP contribution in [0.5, 0.6) is 0 Å². The Balaban J connectivity index is 1.10. The number of hydrogen-bond acceptors (Lipinski definition) is 4. The SMILES string of the molecule is O=C(O)CCCCNC(=O)[C@]12C[C@H](NC(=O)OCC3c4ccccc4-c4ccccc43)C[C@H]1C2. The Morgan fingerprint density at radius 3 is 2.32 bits per heavy atom. The van der Waals surface area contributed by atoms with Gasteiger partial charge in [0.25, 0.3) is 0 Å². The zero-order chi connectivity index (χ0) is 23.7. The summed E-state index contributed by atoms with van der Waals surface area (Å²) in [5.41, 5.74) is 4.36. The number of carboxylic acid groups (broad SMARTS) is 1. The first-order valence-corrected chi connectivity index (χ1v) is 12.1. The normalized spacial score (nSPS) is 24.0. The molecule has 0 spiro atoms. The fourth-order valence-corrected chi connectivity index (χ4v) is 5.87. The van der Waals surface area contributed by atoms with Gasteiger partial charge in [0.2, 0.25) is 5.91 Å². The Labute approximate surface area is 198 Å². The third-order valence-electron chi connectivity index (χ3n) is 7.63. The van der Waals surface area contributed by atoms with Gasteiger partial charge in [-0.05, 0) is 60.3 Å². The maximum atomic E-state index is 12.7. The second-order valence-electron chi connectivity index (χ2n) is 9.77. The summed E-state index contributed by atoms with van der Waals surface area (Å²) in [7, 11) is 0. The number of unbranched alkanes of at least 4 members (excludes halogenated alkanes) is 1. The lowest BCUT2D eigenvalue weighted by molar-refractivity contribution is -0.137. The highest BCUT2D eigenvalue weighted by atomic mass is 16.5. The summed E-state index contributed by atoms with van der Waals surface area (Å²) in [4.78, 5) is 35.9. The molecule has 3 N–H and O–H groups in total. The molecule has 0 heterocycles. The average Bonchev–Trinajstić information content (AvgIpc) is 3.25. The minimum absolute atomic E-state index is 0.0216. The van der Waals surface area contributed by atoms with Gasteiger partial charge in [-0.25, -0.2) is 4.79 Å². The molecule has 2 amide bonds. The lowest BCUT2D eigenvalue weighted by Crippen LogP contribution is -2.38. The van der Waals surface area contributed by atoms with Crippen molar-refractivity contribution in [1.29, 1.82) is 0 Å². The van der Waals surface area contributed by atoms with Gasteiger partial charge in [-0.2, -0.15) is 0 Å². The molecule has 7 nitrogen and oxygen atoms in total. The van der Waals surface area contributed by atoms with Crippen LogP contribution in [0.4, 0.5) is 4.79 Å². The Hall–Kier alpha value is -3.35. The number of amides is 2. The van der Waals surface area contributed by atoms with Gasteiger partial charge in [0.05, 0.1) is 5.41 Å². The minimum Gasteiger partial charge on any atom is -0.481 e. The average molecular weight is 463 g/mol. The molecule has 0 unspecified atom stereocenters. The molecule has 3 aliphatic carbocycles. The van der Waals surface area contributed by atoms with Crippen LogP contribution in [0.3, 0.4) is 0 Å². The summed E-state index contributed by atoms with van der Waals surface area (Å²) in [5.74, 6) is -0.464. The van der Waals surface area contributed by atoms with Crippen LogP contribution in [0, 0.1) is 11.3 Å². The third kappa shape index (κ3) is 4.27. The van der Waals surface area contributed by atoms with Crippen LogP contribution < -0.4 is 10.6 Å².